The van der Waals surface area contributed by atoms with E-state index in [1.165, 1.54) is 37.1 Å². The fourth-order valence-corrected chi connectivity index (χ4v) is 3.03. The van der Waals surface area contributed by atoms with Crippen molar-refractivity contribution in [1.82, 2.24) is 0 Å². The third kappa shape index (κ3) is 3.26. The second kappa shape index (κ2) is 6.19. The molecule has 6 heteroatoms. The van der Waals surface area contributed by atoms with Crippen LogP contribution in [-0.4, -0.2) is 23.3 Å². The van der Waals surface area contributed by atoms with E-state index in [1.54, 1.807) is 18.2 Å². The topological polar surface area (TPSA) is 66.8 Å². The number of ether oxygens (including phenoxy) is 1. The number of methoxy groups -OCH3 is 1. The lowest BCUT2D eigenvalue weighted by Gasteiger charge is -2.08. The number of phenolic OH excluding ortho intramolecular Hbond substituents is 2. The monoisotopic (exact) mass is 354 g/mol. The molecule has 0 unspecified atom stereocenters. The summed E-state index contributed by atoms with van der Waals surface area (Å²) in [5.74, 6) is -0.258. The lowest BCUT2D eigenvalue weighted by Crippen LogP contribution is -2.00. The number of carbonyl (C=O) groups excluding carboxylic acids is 1. The molecule has 20 heavy (non-hydrogen) atoms. The van der Waals surface area contributed by atoms with Crippen LogP contribution >= 0.6 is 27.7 Å². The van der Waals surface area contributed by atoms with E-state index >= 15 is 0 Å². The number of halogens is 1. The predicted molar refractivity (Wildman–Crippen MR) is 79.4 cm³/mol. The largest absolute Gasteiger partial charge is 0.508 e. The minimum absolute atomic E-state index is 0.0765. The molecular weight excluding hydrogens is 344 g/mol. The number of carbonyl (C=O) groups is 1. The van der Waals surface area contributed by atoms with Gasteiger partial charge in [0.1, 0.15) is 11.5 Å². The molecule has 2 aromatic rings. The van der Waals surface area contributed by atoms with Gasteiger partial charge >= 0.3 is 5.97 Å². The second-order valence-electron chi connectivity index (χ2n) is 3.89. The summed E-state index contributed by atoms with van der Waals surface area (Å²) in [7, 11) is 1.32. The van der Waals surface area contributed by atoms with Crippen molar-refractivity contribution in [3.05, 3.63) is 46.4 Å². The fourth-order valence-electron chi connectivity index (χ4n) is 1.53. The number of benzene rings is 2. The first kappa shape index (κ1) is 14.7. The van der Waals surface area contributed by atoms with Crippen LogP contribution < -0.4 is 0 Å². The first-order chi connectivity index (χ1) is 9.51. The molecule has 0 atom stereocenters. The molecule has 0 fully saturated rings. The van der Waals surface area contributed by atoms with E-state index in [1.807, 2.05) is 0 Å². The lowest BCUT2D eigenvalue weighted by atomic mass is 10.2. The van der Waals surface area contributed by atoms with Crippen molar-refractivity contribution >= 4 is 33.7 Å². The van der Waals surface area contributed by atoms with Crippen molar-refractivity contribution < 1.29 is 19.7 Å². The number of aromatic hydroxyl groups is 2. The van der Waals surface area contributed by atoms with E-state index in [-0.39, 0.29) is 11.5 Å². The Hall–Kier alpha value is -1.66. The molecule has 0 heterocycles. The summed E-state index contributed by atoms with van der Waals surface area (Å²) in [5, 5.41) is 19.2. The normalized spacial score (nSPS) is 10.3. The molecule has 0 saturated heterocycles. The van der Waals surface area contributed by atoms with Gasteiger partial charge in [0.05, 0.1) is 17.6 Å². The van der Waals surface area contributed by atoms with Gasteiger partial charge in [0.25, 0.3) is 0 Å². The van der Waals surface area contributed by atoms with Gasteiger partial charge < -0.3 is 14.9 Å². The highest BCUT2D eigenvalue weighted by atomic mass is 79.9. The van der Waals surface area contributed by atoms with E-state index in [0.717, 1.165) is 4.90 Å². The van der Waals surface area contributed by atoms with Gasteiger partial charge in [0.2, 0.25) is 0 Å². The highest BCUT2D eigenvalue weighted by Gasteiger charge is 2.11. The number of esters is 1. The van der Waals surface area contributed by atoms with Gasteiger partial charge in [0.15, 0.2) is 0 Å². The van der Waals surface area contributed by atoms with E-state index in [4.69, 9.17) is 0 Å². The van der Waals surface area contributed by atoms with E-state index < -0.39 is 5.97 Å². The first-order valence-electron chi connectivity index (χ1n) is 5.59. The minimum atomic E-state index is -0.414. The molecule has 2 rings (SSSR count). The minimum Gasteiger partial charge on any atom is -0.508 e. The number of phenols is 2. The summed E-state index contributed by atoms with van der Waals surface area (Å²) >= 11 is 4.65. The zero-order valence-electron chi connectivity index (χ0n) is 10.5. The number of hydrogen-bond acceptors (Lipinski definition) is 5. The van der Waals surface area contributed by atoms with E-state index in [2.05, 4.69) is 20.7 Å². The van der Waals surface area contributed by atoms with Gasteiger partial charge in [-0.3, -0.25) is 0 Å². The second-order valence-corrected chi connectivity index (χ2v) is 5.83. The molecule has 0 amide bonds. The summed E-state index contributed by atoms with van der Waals surface area (Å²) in [6.07, 6.45) is 0. The summed E-state index contributed by atoms with van der Waals surface area (Å²) in [6.45, 7) is 0. The van der Waals surface area contributed by atoms with Crippen LogP contribution in [0.2, 0.25) is 0 Å². The van der Waals surface area contributed by atoms with Crippen molar-refractivity contribution in [2.45, 2.75) is 9.79 Å². The summed E-state index contributed by atoms with van der Waals surface area (Å²) < 4.78 is 5.35. The van der Waals surface area contributed by atoms with Crippen LogP contribution in [0.25, 0.3) is 0 Å². The predicted octanol–water partition coefficient (Wildman–Crippen LogP) is 3.80. The average Bonchev–Trinajstić information content (AvgIpc) is 2.44. The lowest BCUT2D eigenvalue weighted by molar-refractivity contribution is 0.0600. The van der Waals surface area contributed by atoms with Crippen LogP contribution in [0.5, 0.6) is 11.5 Å². The van der Waals surface area contributed by atoms with Crippen LogP contribution in [-0.2, 0) is 4.74 Å². The summed E-state index contributed by atoms with van der Waals surface area (Å²) in [4.78, 5) is 12.7. The van der Waals surface area contributed by atoms with Gasteiger partial charge in [-0.25, -0.2) is 4.79 Å². The molecule has 0 aromatic heterocycles. The van der Waals surface area contributed by atoms with Crippen molar-refractivity contribution in [2.24, 2.45) is 0 Å². The third-order valence-electron chi connectivity index (χ3n) is 2.52. The van der Waals surface area contributed by atoms with Crippen molar-refractivity contribution in [3.63, 3.8) is 0 Å². The molecule has 0 radical (unpaired) electrons. The Morgan fingerprint density at radius 3 is 2.55 bits per heavy atom. The Labute approximate surface area is 128 Å². The van der Waals surface area contributed by atoms with Crippen LogP contribution in [0.15, 0.2) is 50.7 Å². The number of hydrogen-bond donors (Lipinski definition) is 2. The van der Waals surface area contributed by atoms with Crippen molar-refractivity contribution in [2.75, 3.05) is 7.11 Å². The van der Waals surface area contributed by atoms with Crippen LogP contribution in [0.1, 0.15) is 10.4 Å². The van der Waals surface area contributed by atoms with Gasteiger partial charge in [-0.05, 0) is 52.3 Å². The SMILES string of the molecule is COC(=O)c1ccc(Sc2cc(O)ccc2O)c(Br)c1. The highest BCUT2D eigenvalue weighted by molar-refractivity contribution is 9.10. The van der Waals surface area contributed by atoms with Crippen molar-refractivity contribution in [1.29, 1.82) is 0 Å². The zero-order valence-corrected chi connectivity index (χ0v) is 12.9. The first-order valence-corrected chi connectivity index (χ1v) is 7.20. The van der Waals surface area contributed by atoms with Crippen LogP contribution in [0, 0.1) is 0 Å². The maximum absolute atomic E-state index is 11.4. The Balaban J connectivity index is 2.30. The molecule has 0 spiro atoms. The molecule has 2 aromatic carbocycles. The fraction of sp³-hybridized carbons (Fsp3) is 0.0714. The van der Waals surface area contributed by atoms with Gasteiger partial charge in [-0.2, -0.15) is 0 Å². The number of rotatable bonds is 3. The highest BCUT2D eigenvalue weighted by Crippen LogP contribution is 2.39. The molecule has 0 aliphatic carbocycles. The van der Waals surface area contributed by atoms with E-state index in [9.17, 15) is 15.0 Å². The molecule has 0 aliphatic rings. The smallest absolute Gasteiger partial charge is 0.337 e. The maximum Gasteiger partial charge on any atom is 0.337 e. The zero-order chi connectivity index (χ0) is 14.7. The molecule has 104 valence electrons. The van der Waals surface area contributed by atoms with Crippen LogP contribution in [0.3, 0.4) is 0 Å². The molecule has 4 nitrogen and oxygen atoms in total. The molecular formula is C14H11BrO4S. The van der Waals surface area contributed by atoms with Gasteiger partial charge in [-0.1, -0.05) is 11.8 Å². The Kier molecular flexibility index (Phi) is 4.57. The Bertz CT molecular complexity index is 658. The van der Waals surface area contributed by atoms with Crippen LogP contribution in [0.4, 0.5) is 0 Å². The average molecular weight is 355 g/mol. The Morgan fingerprint density at radius 2 is 1.90 bits per heavy atom. The molecule has 0 saturated carbocycles. The molecule has 0 bridgehead atoms. The molecule has 0 aliphatic heterocycles. The summed E-state index contributed by atoms with van der Waals surface area (Å²) in [5.41, 5.74) is 0.434. The molecule has 2 N–H and O–H groups in total. The Morgan fingerprint density at radius 1 is 1.15 bits per heavy atom. The maximum atomic E-state index is 11.4. The standard InChI is InChI=1S/C14H11BrO4S/c1-19-14(18)8-2-5-12(10(15)6-8)20-13-7-9(16)3-4-11(13)17/h2-7,16-17H,1H3. The van der Waals surface area contributed by atoms with E-state index in [0.29, 0.717) is 14.9 Å². The van der Waals surface area contributed by atoms with Gasteiger partial charge in [-0.15, -0.1) is 0 Å². The van der Waals surface area contributed by atoms with Gasteiger partial charge in [0, 0.05) is 9.37 Å². The third-order valence-corrected chi connectivity index (χ3v) is 4.56. The quantitative estimate of drug-likeness (QED) is 0.648. The van der Waals surface area contributed by atoms with Crippen molar-refractivity contribution in [3.8, 4) is 11.5 Å². The summed E-state index contributed by atoms with van der Waals surface area (Å²) in [6, 6.07) is 9.33.